The smallest absolute Gasteiger partial charge is 0.332 e. The number of carbonyl (C=O) groups is 1. The summed E-state index contributed by atoms with van der Waals surface area (Å²) >= 11 is 0. The van der Waals surface area contributed by atoms with Crippen LogP contribution < -0.4 is 11.2 Å². The van der Waals surface area contributed by atoms with E-state index in [0.29, 0.717) is 5.56 Å². The highest BCUT2D eigenvalue weighted by atomic mass is 16.3. The number of phenols is 1. The number of phenolic OH excluding ortho intramolecular Hbond substituents is 1. The lowest BCUT2D eigenvalue weighted by Gasteiger charge is -1.99. The average Bonchev–Trinajstić information content (AvgIpc) is 2.08. The van der Waals surface area contributed by atoms with Gasteiger partial charge < -0.3 is 10.8 Å². The van der Waals surface area contributed by atoms with Crippen LogP contribution >= 0.6 is 0 Å². The molecule has 0 aromatic heterocycles. The number of hydrazone groups is 1. The Bertz CT molecular complexity index is 374. The molecule has 0 unspecified atom stereocenters. The third-order valence-electron chi connectivity index (χ3n) is 1.56. The molecule has 0 spiro atoms. The Morgan fingerprint density at radius 3 is 2.93 bits per heavy atom. The highest BCUT2D eigenvalue weighted by Gasteiger charge is 1.97. The van der Waals surface area contributed by atoms with E-state index in [0.717, 1.165) is 5.56 Å². The normalized spacial score (nSPS) is 10.4. The summed E-state index contributed by atoms with van der Waals surface area (Å²) in [5.74, 6) is 0.111. The van der Waals surface area contributed by atoms with E-state index in [9.17, 15) is 9.90 Å². The Morgan fingerprint density at radius 2 is 2.36 bits per heavy atom. The second-order valence-electron chi connectivity index (χ2n) is 2.80. The monoisotopic (exact) mass is 193 g/mol. The Kier molecular flexibility index (Phi) is 3.06. The number of benzene rings is 1. The minimum absolute atomic E-state index is 0.111. The lowest BCUT2D eigenvalue weighted by atomic mass is 10.1. The molecule has 14 heavy (non-hydrogen) atoms. The summed E-state index contributed by atoms with van der Waals surface area (Å²) in [7, 11) is 0. The summed E-state index contributed by atoms with van der Waals surface area (Å²) in [5, 5.41) is 12.9. The molecule has 0 radical (unpaired) electrons. The number of amides is 2. The summed E-state index contributed by atoms with van der Waals surface area (Å²) in [5.41, 5.74) is 8.29. The SMILES string of the molecule is Cc1ccc(/C=N/NC(N)=O)c(O)c1. The van der Waals surface area contributed by atoms with E-state index in [1.165, 1.54) is 6.21 Å². The first kappa shape index (κ1) is 10.0. The second-order valence-corrected chi connectivity index (χ2v) is 2.80. The largest absolute Gasteiger partial charge is 0.507 e. The van der Waals surface area contributed by atoms with Crippen LogP contribution in [0.3, 0.4) is 0 Å². The van der Waals surface area contributed by atoms with Gasteiger partial charge in [-0.25, -0.2) is 10.2 Å². The highest BCUT2D eigenvalue weighted by molar-refractivity contribution is 5.84. The molecule has 0 aliphatic heterocycles. The van der Waals surface area contributed by atoms with E-state index in [-0.39, 0.29) is 5.75 Å². The zero-order valence-electron chi connectivity index (χ0n) is 7.69. The van der Waals surface area contributed by atoms with Gasteiger partial charge in [0.2, 0.25) is 0 Å². The van der Waals surface area contributed by atoms with Crippen molar-refractivity contribution in [3.05, 3.63) is 29.3 Å². The number of primary amides is 1. The van der Waals surface area contributed by atoms with E-state index < -0.39 is 6.03 Å². The van der Waals surface area contributed by atoms with E-state index in [1.807, 2.05) is 18.4 Å². The number of aromatic hydroxyl groups is 1. The predicted octanol–water partition coefficient (Wildman–Crippen LogP) is 0.703. The van der Waals surface area contributed by atoms with Gasteiger partial charge in [0, 0.05) is 5.56 Å². The Labute approximate surface area is 81.2 Å². The van der Waals surface area contributed by atoms with Crippen LogP contribution in [0.2, 0.25) is 0 Å². The number of hydrogen-bond acceptors (Lipinski definition) is 3. The molecule has 2 amide bonds. The standard InChI is InChI=1S/C9H11N3O2/c1-6-2-3-7(8(13)4-6)5-11-12-9(10)14/h2-5,13H,1H3,(H3,10,12,14)/b11-5+. The van der Waals surface area contributed by atoms with E-state index in [2.05, 4.69) is 5.10 Å². The van der Waals surface area contributed by atoms with Crippen LogP contribution in [0.25, 0.3) is 0 Å². The Balaban J connectivity index is 2.76. The van der Waals surface area contributed by atoms with Crippen LogP contribution in [0.1, 0.15) is 11.1 Å². The minimum Gasteiger partial charge on any atom is -0.507 e. The van der Waals surface area contributed by atoms with E-state index in [1.54, 1.807) is 12.1 Å². The van der Waals surface area contributed by atoms with Gasteiger partial charge in [-0.05, 0) is 24.6 Å². The molecule has 0 saturated heterocycles. The molecule has 0 aliphatic rings. The summed E-state index contributed by atoms with van der Waals surface area (Å²) in [6, 6.07) is 4.38. The van der Waals surface area contributed by atoms with Crippen molar-refractivity contribution in [1.82, 2.24) is 5.43 Å². The lowest BCUT2D eigenvalue weighted by Crippen LogP contribution is -2.24. The van der Waals surface area contributed by atoms with Crippen LogP contribution in [0.4, 0.5) is 4.79 Å². The molecule has 5 nitrogen and oxygen atoms in total. The van der Waals surface area contributed by atoms with Crippen LogP contribution in [0.15, 0.2) is 23.3 Å². The fourth-order valence-corrected chi connectivity index (χ4v) is 0.928. The lowest BCUT2D eigenvalue weighted by molar-refractivity contribution is 0.249. The van der Waals surface area contributed by atoms with E-state index in [4.69, 9.17) is 5.73 Å². The quantitative estimate of drug-likeness (QED) is 0.477. The Morgan fingerprint density at radius 1 is 1.64 bits per heavy atom. The zero-order chi connectivity index (χ0) is 10.6. The van der Waals surface area contributed by atoms with Gasteiger partial charge in [-0.3, -0.25) is 0 Å². The van der Waals surface area contributed by atoms with Crippen molar-refractivity contribution in [2.24, 2.45) is 10.8 Å². The summed E-state index contributed by atoms with van der Waals surface area (Å²) in [6.45, 7) is 1.86. The number of urea groups is 1. The zero-order valence-corrected chi connectivity index (χ0v) is 7.69. The molecule has 74 valence electrons. The molecule has 0 bridgehead atoms. The van der Waals surface area contributed by atoms with Gasteiger partial charge in [-0.2, -0.15) is 5.10 Å². The van der Waals surface area contributed by atoms with Gasteiger partial charge in [0.15, 0.2) is 0 Å². The van der Waals surface area contributed by atoms with Gasteiger partial charge >= 0.3 is 6.03 Å². The highest BCUT2D eigenvalue weighted by Crippen LogP contribution is 2.15. The van der Waals surface area contributed by atoms with Crippen molar-refractivity contribution in [1.29, 1.82) is 0 Å². The third kappa shape index (κ3) is 2.78. The molecular formula is C9H11N3O2. The predicted molar refractivity (Wildman–Crippen MR) is 53.2 cm³/mol. The Hall–Kier alpha value is -2.04. The molecule has 1 rings (SSSR count). The maximum atomic E-state index is 10.3. The number of hydrogen-bond donors (Lipinski definition) is 3. The molecule has 4 N–H and O–H groups in total. The van der Waals surface area contributed by atoms with Gasteiger partial charge in [0.1, 0.15) is 5.75 Å². The summed E-state index contributed by atoms with van der Waals surface area (Å²) in [6.07, 6.45) is 1.32. The number of nitrogens with two attached hydrogens (primary N) is 1. The minimum atomic E-state index is -0.743. The number of rotatable bonds is 2. The molecule has 1 aromatic rings. The van der Waals surface area contributed by atoms with Gasteiger partial charge in [-0.1, -0.05) is 6.07 Å². The fourth-order valence-electron chi connectivity index (χ4n) is 0.928. The molecule has 0 saturated carbocycles. The summed E-state index contributed by atoms with van der Waals surface area (Å²) < 4.78 is 0. The molecule has 1 aromatic carbocycles. The molecular weight excluding hydrogens is 182 g/mol. The van der Waals surface area contributed by atoms with E-state index >= 15 is 0 Å². The average molecular weight is 193 g/mol. The molecule has 5 heteroatoms. The maximum Gasteiger partial charge on any atom is 0.332 e. The first-order valence-electron chi connectivity index (χ1n) is 3.97. The number of aryl methyl sites for hydroxylation is 1. The van der Waals surface area contributed by atoms with Crippen molar-refractivity contribution >= 4 is 12.2 Å². The summed E-state index contributed by atoms with van der Waals surface area (Å²) in [4.78, 5) is 10.3. The molecule has 0 heterocycles. The van der Waals surface area contributed by atoms with Crippen LogP contribution in [-0.4, -0.2) is 17.4 Å². The molecule has 0 fully saturated rings. The van der Waals surface area contributed by atoms with Crippen molar-refractivity contribution in [3.8, 4) is 5.75 Å². The number of nitrogens with one attached hydrogen (secondary N) is 1. The van der Waals surface area contributed by atoms with Crippen molar-refractivity contribution in [3.63, 3.8) is 0 Å². The topological polar surface area (TPSA) is 87.7 Å². The van der Waals surface area contributed by atoms with Gasteiger partial charge in [-0.15, -0.1) is 0 Å². The van der Waals surface area contributed by atoms with Crippen LogP contribution in [0.5, 0.6) is 5.75 Å². The number of carbonyl (C=O) groups excluding carboxylic acids is 1. The molecule has 0 atom stereocenters. The third-order valence-corrected chi connectivity index (χ3v) is 1.56. The van der Waals surface area contributed by atoms with Crippen molar-refractivity contribution in [2.45, 2.75) is 6.92 Å². The first-order valence-corrected chi connectivity index (χ1v) is 3.97. The van der Waals surface area contributed by atoms with Crippen molar-refractivity contribution < 1.29 is 9.90 Å². The number of nitrogens with zero attached hydrogens (tertiary/aromatic N) is 1. The maximum absolute atomic E-state index is 10.3. The molecule has 0 aliphatic carbocycles. The van der Waals surface area contributed by atoms with Crippen molar-refractivity contribution in [2.75, 3.05) is 0 Å². The van der Waals surface area contributed by atoms with Crippen LogP contribution in [0, 0.1) is 6.92 Å². The first-order chi connectivity index (χ1) is 6.59. The fraction of sp³-hybridized carbons (Fsp3) is 0.111. The second kappa shape index (κ2) is 4.27. The van der Waals surface area contributed by atoms with Gasteiger partial charge in [0.05, 0.1) is 6.21 Å². The van der Waals surface area contributed by atoms with Gasteiger partial charge in [0.25, 0.3) is 0 Å². The van der Waals surface area contributed by atoms with Crippen LogP contribution in [-0.2, 0) is 0 Å².